The van der Waals surface area contributed by atoms with Gasteiger partial charge in [-0.1, -0.05) is 5.16 Å². The highest BCUT2D eigenvalue weighted by atomic mass is 16.5. The van der Waals surface area contributed by atoms with Crippen LogP contribution in [0.2, 0.25) is 0 Å². The first-order valence-electron chi connectivity index (χ1n) is 10.3. The number of hydrogen-bond acceptors (Lipinski definition) is 5. The van der Waals surface area contributed by atoms with Crippen molar-refractivity contribution in [1.29, 1.82) is 0 Å². The Hall–Kier alpha value is -2.35. The highest BCUT2D eigenvalue weighted by molar-refractivity contribution is 5.80. The minimum absolute atomic E-state index is 0.854. The molecule has 28 heavy (non-hydrogen) atoms. The van der Waals surface area contributed by atoms with Gasteiger partial charge < -0.3 is 19.3 Å². The van der Waals surface area contributed by atoms with Crippen LogP contribution in [0.3, 0.4) is 0 Å². The highest BCUT2D eigenvalue weighted by Gasteiger charge is 2.20. The first-order valence-corrected chi connectivity index (χ1v) is 10.3. The van der Waals surface area contributed by atoms with Gasteiger partial charge in [0.05, 0.1) is 5.69 Å². The number of aliphatic imine (C=N–C) groups is 1. The van der Waals surface area contributed by atoms with Gasteiger partial charge in [-0.3, -0.25) is 9.89 Å². The van der Waals surface area contributed by atoms with Crippen LogP contribution in [0.1, 0.15) is 37.0 Å². The summed E-state index contributed by atoms with van der Waals surface area (Å²) in [5, 5.41) is 7.55. The first-order chi connectivity index (χ1) is 13.7. The van der Waals surface area contributed by atoms with Gasteiger partial charge >= 0.3 is 0 Å². The molecule has 0 unspecified atom stereocenters. The van der Waals surface area contributed by atoms with Crippen molar-refractivity contribution in [1.82, 2.24) is 29.8 Å². The van der Waals surface area contributed by atoms with Gasteiger partial charge in [0.25, 0.3) is 0 Å². The summed E-state index contributed by atoms with van der Waals surface area (Å²) in [6.07, 6.45) is 6.10. The van der Waals surface area contributed by atoms with E-state index in [9.17, 15) is 0 Å². The lowest BCUT2D eigenvalue weighted by atomic mass is 10.3. The fourth-order valence-electron chi connectivity index (χ4n) is 3.48. The normalized spacial score (nSPS) is 16.0. The zero-order valence-corrected chi connectivity index (χ0v) is 17.4. The standard InChI is InChI=1S/C20H33N7O/c1-4-21-20(23-7-5-6-9-26-10-8-22-18(26)3)27-13-11-25(12-14-27)16-19-15-17(2)28-24-19/h8,10,15H,4-7,9,11-14,16H2,1-3H3,(H,21,23). The highest BCUT2D eigenvalue weighted by Crippen LogP contribution is 2.09. The number of piperazine rings is 1. The Balaban J connectivity index is 1.41. The zero-order chi connectivity index (χ0) is 19.8. The van der Waals surface area contributed by atoms with Gasteiger partial charge in [0.2, 0.25) is 0 Å². The summed E-state index contributed by atoms with van der Waals surface area (Å²) in [6.45, 7) is 13.7. The average molecular weight is 388 g/mol. The smallest absolute Gasteiger partial charge is 0.194 e. The predicted octanol–water partition coefficient (Wildman–Crippen LogP) is 2.05. The Labute approximate surface area is 167 Å². The zero-order valence-electron chi connectivity index (χ0n) is 17.4. The molecule has 154 valence electrons. The molecule has 2 aromatic rings. The Bertz CT molecular complexity index is 743. The van der Waals surface area contributed by atoms with E-state index in [0.29, 0.717) is 0 Å². The Morgan fingerprint density at radius 1 is 1.21 bits per heavy atom. The van der Waals surface area contributed by atoms with Gasteiger partial charge in [-0.15, -0.1) is 0 Å². The van der Waals surface area contributed by atoms with Gasteiger partial charge in [0, 0.05) is 70.8 Å². The second-order valence-corrected chi connectivity index (χ2v) is 7.30. The van der Waals surface area contributed by atoms with E-state index in [4.69, 9.17) is 9.52 Å². The number of nitrogens with zero attached hydrogens (tertiary/aromatic N) is 6. The maximum Gasteiger partial charge on any atom is 0.194 e. The Morgan fingerprint density at radius 2 is 2.04 bits per heavy atom. The summed E-state index contributed by atoms with van der Waals surface area (Å²) in [6, 6.07) is 2.02. The minimum atomic E-state index is 0.854. The van der Waals surface area contributed by atoms with Gasteiger partial charge in [-0.05, 0) is 33.6 Å². The van der Waals surface area contributed by atoms with Gasteiger partial charge in [-0.25, -0.2) is 4.98 Å². The SMILES string of the molecule is CCNC(=NCCCCn1ccnc1C)N1CCN(Cc2cc(C)on2)CC1. The van der Waals surface area contributed by atoms with Crippen LogP contribution in [-0.2, 0) is 13.1 Å². The summed E-state index contributed by atoms with van der Waals surface area (Å²) in [7, 11) is 0. The Kier molecular flexibility index (Phi) is 7.47. The van der Waals surface area contributed by atoms with Crippen LogP contribution in [0.5, 0.6) is 0 Å². The molecule has 1 saturated heterocycles. The summed E-state index contributed by atoms with van der Waals surface area (Å²) < 4.78 is 7.37. The molecule has 2 aromatic heterocycles. The van der Waals surface area contributed by atoms with Crippen molar-refractivity contribution >= 4 is 5.96 Å². The lowest BCUT2D eigenvalue weighted by Crippen LogP contribution is -2.52. The number of imidazole rings is 1. The van der Waals surface area contributed by atoms with Crippen molar-refractivity contribution < 1.29 is 4.52 Å². The van der Waals surface area contributed by atoms with E-state index in [-0.39, 0.29) is 0 Å². The number of unbranched alkanes of at least 4 members (excludes halogenated alkanes) is 1. The molecule has 1 N–H and O–H groups in total. The van der Waals surface area contributed by atoms with Crippen LogP contribution in [0, 0.1) is 13.8 Å². The molecule has 3 rings (SSSR count). The average Bonchev–Trinajstić information content (AvgIpc) is 3.29. The van der Waals surface area contributed by atoms with E-state index < -0.39 is 0 Å². The number of guanidine groups is 1. The van der Waals surface area contributed by atoms with E-state index in [0.717, 1.165) is 88.4 Å². The van der Waals surface area contributed by atoms with Gasteiger partial charge in [0.15, 0.2) is 5.96 Å². The number of aryl methyl sites for hydroxylation is 3. The molecule has 0 spiro atoms. The molecule has 0 bridgehead atoms. The van der Waals surface area contributed by atoms with Crippen LogP contribution in [0.15, 0.2) is 28.0 Å². The van der Waals surface area contributed by atoms with Gasteiger partial charge in [0.1, 0.15) is 11.6 Å². The molecule has 0 radical (unpaired) electrons. The fraction of sp³-hybridized carbons (Fsp3) is 0.650. The van der Waals surface area contributed by atoms with Gasteiger partial charge in [-0.2, -0.15) is 0 Å². The summed E-state index contributed by atoms with van der Waals surface area (Å²) >= 11 is 0. The van der Waals surface area contributed by atoms with Crippen molar-refractivity contribution in [3.8, 4) is 0 Å². The molecule has 0 aliphatic carbocycles. The largest absolute Gasteiger partial charge is 0.361 e. The number of aromatic nitrogens is 3. The second-order valence-electron chi connectivity index (χ2n) is 7.30. The van der Waals surface area contributed by atoms with Crippen LogP contribution in [-0.4, -0.2) is 69.7 Å². The summed E-state index contributed by atoms with van der Waals surface area (Å²) in [5.74, 6) is 2.99. The molecular formula is C20H33N7O. The summed E-state index contributed by atoms with van der Waals surface area (Å²) in [5.41, 5.74) is 1.01. The topological polar surface area (TPSA) is 74.7 Å². The second kappa shape index (κ2) is 10.3. The van der Waals surface area contributed by atoms with Crippen molar-refractivity contribution in [2.75, 3.05) is 39.3 Å². The first kappa shape index (κ1) is 20.4. The third-order valence-electron chi connectivity index (χ3n) is 5.06. The maximum atomic E-state index is 5.17. The van der Waals surface area contributed by atoms with E-state index >= 15 is 0 Å². The van der Waals surface area contributed by atoms with Crippen LogP contribution in [0.25, 0.3) is 0 Å². The van der Waals surface area contributed by atoms with E-state index in [1.54, 1.807) is 0 Å². The van der Waals surface area contributed by atoms with Crippen molar-refractivity contribution in [3.05, 3.63) is 35.7 Å². The molecule has 8 nitrogen and oxygen atoms in total. The third-order valence-corrected chi connectivity index (χ3v) is 5.06. The molecule has 0 saturated carbocycles. The van der Waals surface area contributed by atoms with E-state index in [1.165, 1.54) is 0 Å². The molecule has 1 aliphatic heterocycles. The molecular weight excluding hydrogens is 354 g/mol. The lowest BCUT2D eigenvalue weighted by molar-refractivity contribution is 0.169. The third kappa shape index (κ3) is 5.82. The number of rotatable bonds is 8. The molecule has 0 atom stereocenters. The lowest BCUT2D eigenvalue weighted by Gasteiger charge is -2.36. The fourth-order valence-corrected chi connectivity index (χ4v) is 3.48. The number of hydrogen-bond donors (Lipinski definition) is 1. The maximum absolute atomic E-state index is 5.17. The van der Waals surface area contributed by atoms with Crippen LogP contribution < -0.4 is 5.32 Å². The summed E-state index contributed by atoms with van der Waals surface area (Å²) in [4.78, 5) is 13.9. The molecule has 0 aromatic carbocycles. The van der Waals surface area contributed by atoms with Crippen molar-refractivity contribution in [2.24, 2.45) is 4.99 Å². The monoisotopic (exact) mass is 387 g/mol. The van der Waals surface area contributed by atoms with E-state index in [2.05, 4.69) is 36.7 Å². The minimum Gasteiger partial charge on any atom is -0.361 e. The predicted molar refractivity (Wildman–Crippen MR) is 110 cm³/mol. The number of nitrogens with one attached hydrogen (secondary N) is 1. The molecule has 3 heterocycles. The van der Waals surface area contributed by atoms with Crippen LogP contribution >= 0.6 is 0 Å². The van der Waals surface area contributed by atoms with Crippen molar-refractivity contribution in [2.45, 2.75) is 46.7 Å². The van der Waals surface area contributed by atoms with E-state index in [1.807, 2.05) is 32.3 Å². The molecule has 1 fully saturated rings. The van der Waals surface area contributed by atoms with Crippen LogP contribution in [0.4, 0.5) is 0 Å². The molecule has 1 aliphatic rings. The Morgan fingerprint density at radius 3 is 2.68 bits per heavy atom. The molecule has 0 amide bonds. The quantitative estimate of drug-likeness (QED) is 0.425. The molecule has 8 heteroatoms. The van der Waals surface area contributed by atoms with Crippen molar-refractivity contribution in [3.63, 3.8) is 0 Å².